The maximum absolute atomic E-state index is 12.7. The van der Waals surface area contributed by atoms with E-state index in [-0.39, 0.29) is 16.7 Å². The molecule has 10 heteroatoms. The second-order valence-electron chi connectivity index (χ2n) is 7.20. The van der Waals surface area contributed by atoms with Crippen LogP contribution in [0.25, 0.3) is 0 Å². The molecule has 7 nitrogen and oxygen atoms in total. The number of carbonyl (C=O) groups excluding carboxylic acids is 1. The largest absolute Gasteiger partial charge is 0.455 e. The standard InChI is InChI=1S/C22H22ClN3O4S2/c23-20-10-11-22(31-20)32(28,29)26-14-12-25(13-15-26)16-21(27)24-18-8-4-5-9-19(18)30-17-6-2-1-3-7-17/h1-11H,12-16H2,(H,24,27). The zero-order chi connectivity index (χ0) is 22.6. The molecule has 2 aromatic carbocycles. The second kappa shape index (κ2) is 10.0. The van der Waals surface area contributed by atoms with Crippen molar-refractivity contribution in [1.29, 1.82) is 0 Å². The van der Waals surface area contributed by atoms with Gasteiger partial charge in [-0.3, -0.25) is 9.69 Å². The number of ether oxygens (including phenoxy) is 1. The fraction of sp³-hybridized carbons (Fsp3) is 0.227. The van der Waals surface area contributed by atoms with Gasteiger partial charge < -0.3 is 10.1 Å². The maximum atomic E-state index is 12.7. The molecule has 168 valence electrons. The lowest BCUT2D eigenvalue weighted by Gasteiger charge is -2.33. The highest BCUT2D eigenvalue weighted by Crippen LogP contribution is 2.30. The number of rotatable bonds is 7. The van der Waals surface area contributed by atoms with Gasteiger partial charge >= 0.3 is 0 Å². The molecular formula is C22H22ClN3O4S2. The molecule has 3 aromatic rings. The molecule has 0 aliphatic carbocycles. The monoisotopic (exact) mass is 491 g/mol. The predicted molar refractivity (Wildman–Crippen MR) is 126 cm³/mol. The summed E-state index contributed by atoms with van der Waals surface area (Å²) in [6.07, 6.45) is 0. The molecule has 0 unspecified atom stereocenters. The van der Waals surface area contributed by atoms with Crippen molar-refractivity contribution in [2.45, 2.75) is 4.21 Å². The van der Waals surface area contributed by atoms with E-state index in [4.69, 9.17) is 16.3 Å². The molecule has 0 spiro atoms. The lowest BCUT2D eigenvalue weighted by Crippen LogP contribution is -2.50. The predicted octanol–water partition coefficient (Wildman–Crippen LogP) is 4.14. The Morgan fingerprint density at radius 3 is 2.34 bits per heavy atom. The van der Waals surface area contributed by atoms with E-state index in [0.29, 0.717) is 47.7 Å². The molecule has 1 fully saturated rings. The summed E-state index contributed by atoms with van der Waals surface area (Å²) in [5.74, 6) is 1.05. The van der Waals surface area contributed by atoms with Crippen molar-refractivity contribution in [2.24, 2.45) is 0 Å². The highest BCUT2D eigenvalue weighted by molar-refractivity contribution is 7.91. The van der Waals surface area contributed by atoms with Gasteiger partial charge in [-0.25, -0.2) is 8.42 Å². The first-order chi connectivity index (χ1) is 15.4. The minimum atomic E-state index is -3.55. The third kappa shape index (κ3) is 5.48. The van der Waals surface area contributed by atoms with Gasteiger partial charge in [0.1, 0.15) is 9.96 Å². The Bertz CT molecular complexity index is 1180. The van der Waals surface area contributed by atoms with Crippen molar-refractivity contribution >= 4 is 44.6 Å². The van der Waals surface area contributed by atoms with Crippen LogP contribution in [0.5, 0.6) is 11.5 Å². The second-order valence-corrected chi connectivity index (χ2v) is 11.1. The Labute approximate surface area is 196 Å². The first kappa shape index (κ1) is 22.8. The number of anilines is 1. The summed E-state index contributed by atoms with van der Waals surface area (Å²) in [7, 11) is -3.55. The van der Waals surface area contributed by atoms with Crippen molar-refractivity contribution in [3.63, 3.8) is 0 Å². The normalized spacial score (nSPS) is 15.4. The van der Waals surface area contributed by atoms with E-state index >= 15 is 0 Å². The van der Waals surface area contributed by atoms with Gasteiger partial charge in [0, 0.05) is 26.2 Å². The van der Waals surface area contributed by atoms with Crippen LogP contribution >= 0.6 is 22.9 Å². The molecule has 1 N–H and O–H groups in total. The number of hydrogen-bond acceptors (Lipinski definition) is 6. The smallest absolute Gasteiger partial charge is 0.252 e. The van der Waals surface area contributed by atoms with E-state index in [0.717, 1.165) is 11.3 Å². The number of carbonyl (C=O) groups is 1. The van der Waals surface area contributed by atoms with Crippen LogP contribution in [0.1, 0.15) is 0 Å². The molecule has 0 radical (unpaired) electrons. The van der Waals surface area contributed by atoms with Gasteiger partial charge in [-0.1, -0.05) is 41.9 Å². The Morgan fingerprint density at radius 2 is 1.66 bits per heavy atom. The molecule has 32 heavy (non-hydrogen) atoms. The molecule has 1 aliphatic rings. The minimum absolute atomic E-state index is 0.165. The average molecular weight is 492 g/mol. The SMILES string of the molecule is O=C(CN1CCN(S(=O)(=O)c2ccc(Cl)s2)CC1)Nc1ccccc1Oc1ccccc1. The number of para-hydroxylation sites is 3. The van der Waals surface area contributed by atoms with E-state index in [2.05, 4.69) is 5.32 Å². The topological polar surface area (TPSA) is 79.0 Å². The van der Waals surface area contributed by atoms with Crippen molar-refractivity contribution in [3.8, 4) is 11.5 Å². The van der Waals surface area contributed by atoms with E-state index in [1.807, 2.05) is 47.4 Å². The summed E-state index contributed by atoms with van der Waals surface area (Å²) < 4.78 is 33.5. The van der Waals surface area contributed by atoms with E-state index < -0.39 is 10.0 Å². The lowest BCUT2D eigenvalue weighted by atomic mass is 10.2. The lowest BCUT2D eigenvalue weighted by molar-refractivity contribution is -0.117. The molecule has 0 atom stereocenters. The number of sulfonamides is 1. The highest BCUT2D eigenvalue weighted by atomic mass is 35.5. The van der Waals surface area contributed by atoms with Gasteiger partial charge in [-0.05, 0) is 36.4 Å². The minimum Gasteiger partial charge on any atom is -0.455 e. The Morgan fingerprint density at radius 1 is 0.969 bits per heavy atom. The van der Waals surface area contributed by atoms with Gasteiger partial charge in [0.2, 0.25) is 5.91 Å². The maximum Gasteiger partial charge on any atom is 0.252 e. The van der Waals surface area contributed by atoms with Crippen LogP contribution in [-0.2, 0) is 14.8 Å². The summed E-state index contributed by atoms with van der Waals surface area (Å²) in [6.45, 7) is 1.73. The van der Waals surface area contributed by atoms with E-state index in [1.54, 1.807) is 18.2 Å². The first-order valence-corrected chi connectivity index (χ1v) is 12.6. The molecule has 2 heterocycles. The van der Waals surface area contributed by atoms with Crippen molar-refractivity contribution < 1.29 is 17.9 Å². The number of thiophene rings is 1. The van der Waals surface area contributed by atoms with Gasteiger partial charge in [0.25, 0.3) is 10.0 Å². The molecule has 1 aliphatic heterocycles. The highest BCUT2D eigenvalue weighted by Gasteiger charge is 2.30. The number of halogens is 1. The van der Waals surface area contributed by atoms with E-state index in [1.165, 1.54) is 10.4 Å². The van der Waals surface area contributed by atoms with Gasteiger partial charge in [-0.2, -0.15) is 4.31 Å². The van der Waals surface area contributed by atoms with Crippen LogP contribution in [0.15, 0.2) is 70.9 Å². The van der Waals surface area contributed by atoms with Crippen molar-refractivity contribution in [2.75, 3.05) is 38.0 Å². The first-order valence-electron chi connectivity index (χ1n) is 10.0. The zero-order valence-corrected chi connectivity index (χ0v) is 19.5. The van der Waals surface area contributed by atoms with Gasteiger partial charge in [-0.15, -0.1) is 11.3 Å². The molecule has 1 amide bonds. The van der Waals surface area contributed by atoms with Crippen LogP contribution in [0.2, 0.25) is 4.34 Å². The molecule has 0 saturated carbocycles. The van der Waals surface area contributed by atoms with Crippen LogP contribution < -0.4 is 10.1 Å². The summed E-state index contributed by atoms with van der Waals surface area (Å²) in [4.78, 5) is 14.6. The molecular weight excluding hydrogens is 470 g/mol. The Balaban J connectivity index is 1.32. The summed E-state index contributed by atoms with van der Waals surface area (Å²) in [5, 5.41) is 2.90. The Hall–Kier alpha value is -2.43. The van der Waals surface area contributed by atoms with Crippen molar-refractivity contribution in [3.05, 3.63) is 71.1 Å². The van der Waals surface area contributed by atoms with Crippen LogP contribution in [0.4, 0.5) is 5.69 Å². The van der Waals surface area contributed by atoms with Gasteiger partial charge in [0.05, 0.1) is 16.6 Å². The number of piperazine rings is 1. The average Bonchev–Trinajstić information content (AvgIpc) is 3.23. The number of nitrogens with zero attached hydrogens (tertiary/aromatic N) is 2. The Kier molecular flexibility index (Phi) is 7.12. The summed E-state index contributed by atoms with van der Waals surface area (Å²) >= 11 is 6.93. The van der Waals surface area contributed by atoms with Crippen LogP contribution in [0, 0.1) is 0 Å². The third-order valence-corrected chi connectivity index (χ3v) is 8.57. The third-order valence-electron chi connectivity index (χ3n) is 4.97. The molecule has 1 aromatic heterocycles. The van der Waals surface area contributed by atoms with Gasteiger partial charge in [0.15, 0.2) is 5.75 Å². The molecule has 0 bridgehead atoms. The summed E-state index contributed by atoms with van der Waals surface area (Å²) in [5.41, 5.74) is 0.581. The summed E-state index contributed by atoms with van der Waals surface area (Å²) in [6, 6.07) is 19.7. The number of nitrogens with one attached hydrogen (secondary N) is 1. The number of hydrogen-bond donors (Lipinski definition) is 1. The fourth-order valence-electron chi connectivity index (χ4n) is 3.36. The fourth-order valence-corrected chi connectivity index (χ4v) is 6.42. The van der Waals surface area contributed by atoms with Crippen LogP contribution in [0.3, 0.4) is 0 Å². The quantitative estimate of drug-likeness (QED) is 0.537. The molecule has 4 rings (SSSR count). The van der Waals surface area contributed by atoms with Crippen molar-refractivity contribution in [1.82, 2.24) is 9.21 Å². The van der Waals surface area contributed by atoms with Crippen LogP contribution in [-0.4, -0.2) is 56.3 Å². The zero-order valence-electron chi connectivity index (χ0n) is 17.1. The molecule has 1 saturated heterocycles. The number of amides is 1. The van der Waals surface area contributed by atoms with E-state index in [9.17, 15) is 13.2 Å². The number of benzene rings is 2.